The Labute approximate surface area is 166 Å². The normalized spacial score (nSPS) is 14.9. The molecule has 0 radical (unpaired) electrons. The number of ether oxygens (including phenoxy) is 1. The number of benzene rings is 2. The maximum absolute atomic E-state index is 12.7. The molecule has 1 amide bonds. The summed E-state index contributed by atoms with van der Waals surface area (Å²) in [7, 11) is 0. The number of para-hydroxylation sites is 1. The molecule has 1 aliphatic heterocycles. The Balaban J connectivity index is 1.57. The molecule has 2 aromatic carbocycles. The van der Waals surface area contributed by atoms with Gasteiger partial charge in [0.1, 0.15) is 5.25 Å². The Bertz CT molecular complexity index is 900. The molecule has 7 nitrogen and oxygen atoms in total. The second-order valence-corrected chi connectivity index (χ2v) is 7.87. The summed E-state index contributed by atoms with van der Waals surface area (Å²) in [5, 5.41) is 10.1. The van der Waals surface area contributed by atoms with Gasteiger partial charge in [-0.3, -0.25) is 19.7 Å². The first kappa shape index (κ1) is 19.9. The Morgan fingerprint density at radius 3 is 2.50 bits per heavy atom. The number of carbonyl (C=O) groups is 2. The lowest BCUT2D eigenvalue weighted by Gasteiger charge is -2.22. The van der Waals surface area contributed by atoms with Gasteiger partial charge in [0.2, 0.25) is 0 Å². The summed E-state index contributed by atoms with van der Waals surface area (Å²) in [6, 6.07) is 13.6. The molecule has 0 bridgehead atoms. The molecule has 28 heavy (non-hydrogen) atoms. The van der Waals surface area contributed by atoms with E-state index >= 15 is 0 Å². The predicted octanol–water partition coefficient (Wildman–Crippen LogP) is 3.60. The van der Waals surface area contributed by atoms with E-state index in [-0.39, 0.29) is 11.6 Å². The minimum absolute atomic E-state index is 0.00954. The molecule has 0 N–H and O–H groups in total. The summed E-state index contributed by atoms with van der Waals surface area (Å²) in [5.74, 6) is -0.748. The van der Waals surface area contributed by atoms with Crippen LogP contribution in [0.1, 0.15) is 19.4 Å². The number of thioether (sulfide) groups is 1. The number of hydrogen-bond acceptors (Lipinski definition) is 6. The van der Waals surface area contributed by atoms with Gasteiger partial charge in [-0.2, -0.15) is 0 Å². The SMILES string of the molecule is CC(OC(=O)C(C)Sc1ccc([N+](=O)[O-])cc1)C(=O)N1CCc2ccccc21. The van der Waals surface area contributed by atoms with E-state index in [1.807, 2.05) is 24.3 Å². The van der Waals surface area contributed by atoms with Crippen molar-refractivity contribution < 1.29 is 19.2 Å². The van der Waals surface area contributed by atoms with Crippen molar-refractivity contribution in [3.8, 4) is 0 Å². The van der Waals surface area contributed by atoms with Crippen LogP contribution in [0.3, 0.4) is 0 Å². The molecular formula is C20H20N2O5S. The summed E-state index contributed by atoms with van der Waals surface area (Å²) in [5.41, 5.74) is 1.96. The van der Waals surface area contributed by atoms with Gasteiger partial charge in [-0.05, 0) is 44.0 Å². The number of fused-ring (bicyclic) bond motifs is 1. The van der Waals surface area contributed by atoms with Gasteiger partial charge in [-0.25, -0.2) is 0 Å². The average Bonchev–Trinajstić information content (AvgIpc) is 3.11. The monoisotopic (exact) mass is 400 g/mol. The van der Waals surface area contributed by atoms with Gasteiger partial charge < -0.3 is 9.64 Å². The van der Waals surface area contributed by atoms with Crippen molar-refractivity contribution in [3.05, 3.63) is 64.2 Å². The highest BCUT2D eigenvalue weighted by molar-refractivity contribution is 8.00. The quantitative estimate of drug-likeness (QED) is 0.319. The fourth-order valence-corrected chi connectivity index (χ4v) is 3.86. The predicted molar refractivity (Wildman–Crippen MR) is 106 cm³/mol. The van der Waals surface area contributed by atoms with Crippen molar-refractivity contribution >= 4 is 35.0 Å². The number of hydrogen-bond donors (Lipinski definition) is 0. The van der Waals surface area contributed by atoms with Gasteiger partial charge in [0.05, 0.1) is 4.92 Å². The van der Waals surface area contributed by atoms with Crippen molar-refractivity contribution in [1.29, 1.82) is 0 Å². The average molecular weight is 400 g/mol. The molecule has 1 aliphatic rings. The van der Waals surface area contributed by atoms with Gasteiger partial charge in [-0.15, -0.1) is 11.8 Å². The molecule has 3 rings (SSSR count). The second kappa shape index (κ2) is 8.43. The van der Waals surface area contributed by atoms with E-state index in [1.165, 1.54) is 23.9 Å². The summed E-state index contributed by atoms with van der Waals surface area (Å²) >= 11 is 1.22. The minimum Gasteiger partial charge on any atom is -0.452 e. The third kappa shape index (κ3) is 4.33. The highest BCUT2D eigenvalue weighted by Crippen LogP contribution is 2.29. The lowest BCUT2D eigenvalue weighted by atomic mass is 10.2. The first-order valence-electron chi connectivity index (χ1n) is 8.87. The maximum Gasteiger partial charge on any atom is 0.319 e. The third-order valence-electron chi connectivity index (χ3n) is 4.49. The van der Waals surface area contributed by atoms with Crippen LogP contribution >= 0.6 is 11.8 Å². The molecule has 2 aromatic rings. The summed E-state index contributed by atoms with van der Waals surface area (Å²) in [6.07, 6.45) is -0.104. The molecule has 1 heterocycles. The van der Waals surface area contributed by atoms with Crippen molar-refractivity contribution in [1.82, 2.24) is 0 Å². The molecular weight excluding hydrogens is 380 g/mol. The third-order valence-corrected chi connectivity index (χ3v) is 5.58. The van der Waals surface area contributed by atoms with Crippen LogP contribution < -0.4 is 4.90 Å². The number of nitro groups is 1. The zero-order valence-corrected chi connectivity index (χ0v) is 16.3. The molecule has 146 valence electrons. The fourth-order valence-electron chi connectivity index (χ4n) is 3.01. The van der Waals surface area contributed by atoms with Gasteiger partial charge >= 0.3 is 5.97 Å². The molecule has 0 aromatic heterocycles. The number of esters is 1. The van der Waals surface area contributed by atoms with Crippen molar-refractivity contribution in [2.75, 3.05) is 11.4 Å². The summed E-state index contributed by atoms with van der Waals surface area (Å²) in [4.78, 5) is 37.7. The van der Waals surface area contributed by atoms with E-state index in [1.54, 1.807) is 30.9 Å². The second-order valence-electron chi connectivity index (χ2n) is 6.46. The largest absolute Gasteiger partial charge is 0.452 e. The smallest absolute Gasteiger partial charge is 0.319 e. The molecule has 2 atom stereocenters. The minimum atomic E-state index is -0.890. The van der Waals surface area contributed by atoms with Gasteiger partial charge in [-0.1, -0.05) is 18.2 Å². The van der Waals surface area contributed by atoms with E-state index < -0.39 is 22.2 Å². The number of amides is 1. The van der Waals surface area contributed by atoms with Crippen molar-refractivity contribution in [3.63, 3.8) is 0 Å². The first-order valence-corrected chi connectivity index (χ1v) is 9.75. The van der Waals surface area contributed by atoms with Gasteiger partial charge in [0, 0.05) is 29.3 Å². The van der Waals surface area contributed by atoms with Crippen LogP contribution in [-0.2, 0) is 20.7 Å². The number of non-ortho nitro benzene ring substituents is 1. The molecule has 8 heteroatoms. The number of anilines is 1. The van der Waals surface area contributed by atoms with E-state index in [0.29, 0.717) is 11.4 Å². The van der Waals surface area contributed by atoms with E-state index in [2.05, 4.69) is 0 Å². The Morgan fingerprint density at radius 1 is 1.14 bits per heavy atom. The zero-order valence-electron chi connectivity index (χ0n) is 15.5. The van der Waals surface area contributed by atoms with Crippen LogP contribution in [0.4, 0.5) is 11.4 Å². The van der Waals surface area contributed by atoms with Crippen LogP contribution in [0.25, 0.3) is 0 Å². The van der Waals surface area contributed by atoms with Crippen molar-refractivity contribution in [2.45, 2.75) is 36.5 Å². The highest BCUT2D eigenvalue weighted by atomic mass is 32.2. The highest BCUT2D eigenvalue weighted by Gasteiger charge is 2.30. The maximum atomic E-state index is 12.7. The molecule has 0 fully saturated rings. The van der Waals surface area contributed by atoms with Crippen LogP contribution in [-0.4, -0.2) is 34.7 Å². The topological polar surface area (TPSA) is 89.7 Å². The van der Waals surface area contributed by atoms with Crippen LogP contribution in [0, 0.1) is 10.1 Å². The lowest BCUT2D eigenvalue weighted by Crippen LogP contribution is -2.40. The zero-order chi connectivity index (χ0) is 20.3. The number of nitro benzene ring substituents is 1. The Hall–Kier alpha value is -2.87. The number of rotatable bonds is 6. The number of carbonyl (C=O) groups excluding carboxylic acids is 2. The lowest BCUT2D eigenvalue weighted by molar-refractivity contribution is -0.384. The van der Waals surface area contributed by atoms with Gasteiger partial charge in [0.15, 0.2) is 6.10 Å². The van der Waals surface area contributed by atoms with E-state index in [9.17, 15) is 19.7 Å². The molecule has 0 spiro atoms. The van der Waals surface area contributed by atoms with E-state index in [4.69, 9.17) is 4.74 Å². The molecule has 0 aliphatic carbocycles. The number of nitrogens with zero attached hydrogens (tertiary/aromatic N) is 2. The summed E-state index contributed by atoms with van der Waals surface area (Å²) < 4.78 is 5.38. The van der Waals surface area contributed by atoms with Crippen LogP contribution in [0.5, 0.6) is 0 Å². The summed E-state index contributed by atoms with van der Waals surface area (Å²) in [6.45, 7) is 3.83. The van der Waals surface area contributed by atoms with E-state index in [0.717, 1.165) is 17.7 Å². The van der Waals surface area contributed by atoms with Crippen LogP contribution in [0.2, 0.25) is 0 Å². The Kier molecular flexibility index (Phi) is 5.99. The molecule has 0 saturated heterocycles. The van der Waals surface area contributed by atoms with Crippen LogP contribution in [0.15, 0.2) is 53.4 Å². The van der Waals surface area contributed by atoms with Crippen molar-refractivity contribution in [2.24, 2.45) is 0 Å². The molecule has 2 unspecified atom stereocenters. The standard InChI is InChI=1S/C20H20N2O5S/c1-13(19(23)21-12-11-15-5-3-4-6-18(15)21)27-20(24)14(2)28-17-9-7-16(8-10-17)22(25)26/h3-10,13-14H,11-12H2,1-2H3. The molecule has 0 saturated carbocycles. The van der Waals surface area contributed by atoms with Gasteiger partial charge in [0.25, 0.3) is 11.6 Å². The first-order chi connectivity index (χ1) is 13.4. The Morgan fingerprint density at radius 2 is 1.82 bits per heavy atom. The fraction of sp³-hybridized carbons (Fsp3) is 0.300.